The summed E-state index contributed by atoms with van der Waals surface area (Å²) in [6.45, 7) is 0. The second-order valence-electron chi connectivity index (χ2n) is 6.20. The van der Waals surface area contributed by atoms with Gasteiger partial charge in [-0.3, -0.25) is 4.79 Å². The topological polar surface area (TPSA) is 97.4 Å². The number of para-hydroxylation sites is 2. The minimum absolute atomic E-state index is 0.0176. The van der Waals surface area contributed by atoms with Crippen LogP contribution in [0.5, 0.6) is 5.75 Å². The van der Waals surface area contributed by atoms with E-state index in [0.717, 1.165) is 26.1 Å². The number of carbonyl (C=O) groups is 1. The number of nitrogens with zero attached hydrogens (tertiary/aromatic N) is 1. The van der Waals surface area contributed by atoms with Crippen molar-refractivity contribution in [1.29, 1.82) is 0 Å². The lowest BCUT2D eigenvalue weighted by Crippen LogP contribution is -2.35. The fourth-order valence-electron chi connectivity index (χ4n) is 2.93. The second kappa shape index (κ2) is 7.10. The minimum atomic E-state index is -3.02. The highest BCUT2D eigenvalue weighted by Crippen LogP contribution is 2.36. The SMILES string of the molecule is COc1ccccc1Nc1nc2sc(C(=O)NC3CCS(=O)(=O)C3)cc2s1. The maximum absolute atomic E-state index is 12.4. The predicted octanol–water partition coefficient (Wildman–Crippen LogP) is 3.03. The molecular weight excluding hydrogens is 406 g/mol. The summed E-state index contributed by atoms with van der Waals surface area (Å²) in [4.78, 5) is 18.2. The molecule has 3 aromatic rings. The van der Waals surface area contributed by atoms with Crippen LogP contribution in [-0.4, -0.2) is 44.0 Å². The van der Waals surface area contributed by atoms with E-state index < -0.39 is 9.84 Å². The van der Waals surface area contributed by atoms with Crippen molar-refractivity contribution in [3.63, 3.8) is 0 Å². The number of hydrogen-bond acceptors (Lipinski definition) is 8. The zero-order valence-electron chi connectivity index (χ0n) is 14.4. The summed E-state index contributed by atoms with van der Waals surface area (Å²) in [6, 6.07) is 9.06. The zero-order chi connectivity index (χ0) is 19.0. The number of amides is 1. The first-order chi connectivity index (χ1) is 12.9. The molecular formula is C17H17N3O4S3. The number of ether oxygens (including phenoxy) is 1. The lowest BCUT2D eigenvalue weighted by Gasteiger charge is -2.09. The van der Waals surface area contributed by atoms with Gasteiger partial charge in [-0.2, -0.15) is 0 Å². The maximum Gasteiger partial charge on any atom is 0.261 e. The van der Waals surface area contributed by atoms with Gasteiger partial charge in [0.05, 0.1) is 33.9 Å². The van der Waals surface area contributed by atoms with Crippen LogP contribution < -0.4 is 15.4 Å². The van der Waals surface area contributed by atoms with Crippen LogP contribution in [0.25, 0.3) is 9.53 Å². The van der Waals surface area contributed by atoms with Gasteiger partial charge in [-0.15, -0.1) is 11.3 Å². The van der Waals surface area contributed by atoms with Gasteiger partial charge in [0, 0.05) is 6.04 Å². The number of nitrogens with one attached hydrogen (secondary N) is 2. The smallest absolute Gasteiger partial charge is 0.261 e. The third-order valence-electron chi connectivity index (χ3n) is 4.23. The van der Waals surface area contributed by atoms with Crippen LogP contribution in [0.4, 0.5) is 10.8 Å². The molecule has 0 saturated carbocycles. The molecule has 0 radical (unpaired) electrons. The number of anilines is 2. The highest BCUT2D eigenvalue weighted by Gasteiger charge is 2.29. The quantitative estimate of drug-likeness (QED) is 0.655. The molecule has 2 aromatic heterocycles. The van der Waals surface area contributed by atoms with E-state index in [0.29, 0.717) is 11.3 Å². The largest absolute Gasteiger partial charge is 0.495 e. The molecule has 0 spiro atoms. The van der Waals surface area contributed by atoms with Crippen LogP contribution in [0, 0.1) is 0 Å². The molecule has 3 heterocycles. The summed E-state index contributed by atoms with van der Waals surface area (Å²) >= 11 is 2.75. The molecule has 1 fully saturated rings. The lowest BCUT2D eigenvalue weighted by molar-refractivity contribution is 0.0945. The van der Waals surface area contributed by atoms with Crippen molar-refractivity contribution in [3.05, 3.63) is 35.2 Å². The molecule has 0 bridgehead atoms. The van der Waals surface area contributed by atoms with Crippen LogP contribution in [-0.2, 0) is 9.84 Å². The fourth-order valence-corrected chi connectivity index (χ4v) is 6.63. The number of thiophene rings is 1. The Kier molecular flexibility index (Phi) is 4.79. The van der Waals surface area contributed by atoms with Gasteiger partial charge in [0.15, 0.2) is 15.0 Å². The highest BCUT2D eigenvalue weighted by atomic mass is 32.2. The number of thiazole rings is 1. The Bertz CT molecular complexity index is 1070. The predicted molar refractivity (Wildman–Crippen MR) is 108 cm³/mol. The number of fused-ring (bicyclic) bond motifs is 1. The molecule has 1 unspecified atom stereocenters. The van der Waals surface area contributed by atoms with Crippen molar-refractivity contribution < 1.29 is 17.9 Å². The number of sulfone groups is 1. The van der Waals surface area contributed by atoms with E-state index in [-0.39, 0.29) is 23.5 Å². The van der Waals surface area contributed by atoms with Gasteiger partial charge in [0.1, 0.15) is 10.6 Å². The van der Waals surface area contributed by atoms with Gasteiger partial charge in [-0.1, -0.05) is 23.5 Å². The Morgan fingerprint density at radius 3 is 2.81 bits per heavy atom. The molecule has 1 amide bonds. The molecule has 1 aliphatic heterocycles. The van der Waals surface area contributed by atoms with Crippen LogP contribution in [0.1, 0.15) is 16.1 Å². The van der Waals surface area contributed by atoms with E-state index in [2.05, 4.69) is 15.6 Å². The summed E-state index contributed by atoms with van der Waals surface area (Å²) < 4.78 is 29.3. The number of rotatable bonds is 5. The molecule has 2 N–H and O–H groups in total. The Morgan fingerprint density at radius 2 is 2.11 bits per heavy atom. The van der Waals surface area contributed by atoms with Gasteiger partial charge in [-0.05, 0) is 24.6 Å². The average molecular weight is 424 g/mol. The molecule has 10 heteroatoms. The fraction of sp³-hybridized carbons (Fsp3) is 0.294. The maximum atomic E-state index is 12.4. The number of hydrogen-bond donors (Lipinski definition) is 2. The summed E-state index contributed by atoms with van der Waals surface area (Å²) in [7, 11) is -1.41. The summed E-state index contributed by atoms with van der Waals surface area (Å²) in [5, 5.41) is 6.76. The number of aromatic nitrogens is 1. The molecule has 1 saturated heterocycles. The molecule has 1 atom stereocenters. The average Bonchev–Trinajstić information content (AvgIpc) is 3.28. The van der Waals surface area contributed by atoms with Crippen molar-refractivity contribution >= 4 is 58.8 Å². The summed E-state index contributed by atoms with van der Waals surface area (Å²) in [6.07, 6.45) is 0.471. The van der Waals surface area contributed by atoms with Crippen molar-refractivity contribution in [2.45, 2.75) is 12.5 Å². The van der Waals surface area contributed by atoms with Crippen LogP contribution in [0.3, 0.4) is 0 Å². The Labute approximate surface area is 164 Å². The zero-order valence-corrected chi connectivity index (χ0v) is 16.8. The van der Waals surface area contributed by atoms with Crippen LogP contribution >= 0.6 is 22.7 Å². The first-order valence-corrected chi connectivity index (χ1v) is 11.7. The number of methoxy groups -OCH3 is 1. The first-order valence-electron chi connectivity index (χ1n) is 8.25. The standard InChI is InChI=1S/C17H17N3O4S3/c1-24-12-5-3-2-4-11(12)19-17-20-16-14(26-17)8-13(25-16)15(21)18-10-6-7-27(22,23)9-10/h2-5,8,10H,6-7,9H2,1H3,(H,18,21)(H,19,20). The van der Waals surface area contributed by atoms with Crippen molar-refractivity contribution in [2.75, 3.05) is 23.9 Å². The minimum Gasteiger partial charge on any atom is -0.495 e. The molecule has 1 aliphatic rings. The van der Waals surface area contributed by atoms with Crippen molar-refractivity contribution in [2.24, 2.45) is 0 Å². The van der Waals surface area contributed by atoms with E-state index in [1.54, 1.807) is 13.2 Å². The van der Waals surface area contributed by atoms with Gasteiger partial charge in [0.2, 0.25) is 0 Å². The van der Waals surface area contributed by atoms with Crippen LogP contribution in [0.15, 0.2) is 30.3 Å². The van der Waals surface area contributed by atoms with Gasteiger partial charge in [0.25, 0.3) is 5.91 Å². The third-order valence-corrected chi connectivity index (χ3v) is 8.07. The molecule has 7 nitrogen and oxygen atoms in total. The number of carbonyl (C=O) groups excluding carboxylic acids is 1. The molecule has 4 rings (SSSR count). The molecule has 27 heavy (non-hydrogen) atoms. The van der Waals surface area contributed by atoms with Crippen molar-refractivity contribution in [3.8, 4) is 5.75 Å². The summed E-state index contributed by atoms with van der Waals surface area (Å²) in [5.41, 5.74) is 0.821. The Hall–Kier alpha value is -2.17. The van der Waals surface area contributed by atoms with E-state index >= 15 is 0 Å². The molecule has 142 valence electrons. The van der Waals surface area contributed by atoms with Gasteiger partial charge in [-0.25, -0.2) is 13.4 Å². The Balaban J connectivity index is 1.48. The van der Waals surface area contributed by atoms with Crippen molar-refractivity contribution in [1.82, 2.24) is 10.3 Å². The molecule has 1 aromatic carbocycles. The van der Waals surface area contributed by atoms with E-state index in [9.17, 15) is 13.2 Å². The van der Waals surface area contributed by atoms with Gasteiger partial charge >= 0.3 is 0 Å². The van der Waals surface area contributed by atoms with Gasteiger partial charge < -0.3 is 15.4 Å². The second-order valence-corrected chi connectivity index (χ2v) is 10.5. The lowest BCUT2D eigenvalue weighted by atomic mass is 10.2. The third kappa shape index (κ3) is 3.92. The number of benzene rings is 1. The highest BCUT2D eigenvalue weighted by molar-refractivity contribution is 7.91. The normalized spacial score (nSPS) is 18.5. The van der Waals surface area contributed by atoms with Crippen LogP contribution in [0.2, 0.25) is 0 Å². The molecule has 0 aliphatic carbocycles. The van der Waals surface area contributed by atoms with E-state index in [1.165, 1.54) is 22.7 Å². The monoisotopic (exact) mass is 423 g/mol. The Morgan fingerprint density at radius 1 is 1.30 bits per heavy atom. The first kappa shape index (κ1) is 18.2. The van der Waals surface area contributed by atoms with E-state index in [1.807, 2.05) is 24.3 Å². The van der Waals surface area contributed by atoms with E-state index in [4.69, 9.17) is 4.74 Å². The summed E-state index contributed by atoms with van der Waals surface area (Å²) in [5.74, 6) is 0.634.